The molecule has 0 saturated carbocycles. The van der Waals surface area contributed by atoms with Gasteiger partial charge in [-0.15, -0.1) is 0 Å². The van der Waals surface area contributed by atoms with E-state index in [2.05, 4.69) is 21.2 Å². The van der Waals surface area contributed by atoms with Crippen LogP contribution in [-0.4, -0.2) is 50.5 Å². The molecule has 3 rings (SSSR count). The van der Waals surface area contributed by atoms with Gasteiger partial charge >= 0.3 is 0 Å². The van der Waals surface area contributed by atoms with E-state index in [1.54, 1.807) is 48.5 Å². The molecule has 208 valence electrons. The van der Waals surface area contributed by atoms with Gasteiger partial charge in [-0.2, -0.15) is 0 Å². The number of amides is 2. The van der Waals surface area contributed by atoms with E-state index in [9.17, 15) is 18.0 Å². The van der Waals surface area contributed by atoms with Gasteiger partial charge < -0.3 is 10.2 Å². The van der Waals surface area contributed by atoms with E-state index in [-0.39, 0.29) is 24.8 Å². The van der Waals surface area contributed by atoms with Gasteiger partial charge in [-0.3, -0.25) is 13.9 Å². The van der Waals surface area contributed by atoms with Crippen LogP contribution in [0, 0.1) is 5.92 Å². The van der Waals surface area contributed by atoms with Crippen molar-refractivity contribution >= 4 is 55.1 Å². The molecule has 3 aromatic rings. The molecule has 1 atom stereocenters. The van der Waals surface area contributed by atoms with Crippen LogP contribution >= 0.6 is 27.5 Å². The summed E-state index contributed by atoms with van der Waals surface area (Å²) in [5, 5.41) is 3.51. The summed E-state index contributed by atoms with van der Waals surface area (Å²) in [6, 6.07) is 22.3. The van der Waals surface area contributed by atoms with Gasteiger partial charge in [0.25, 0.3) is 0 Å². The molecule has 0 aliphatic carbocycles. The van der Waals surface area contributed by atoms with Crippen LogP contribution in [0.3, 0.4) is 0 Å². The number of hydrogen-bond acceptors (Lipinski definition) is 4. The van der Waals surface area contributed by atoms with Crippen molar-refractivity contribution in [3.63, 3.8) is 0 Å². The Labute approximate surface area is 244 Å². The lowest BCUT2D eigenvalue weighted by Crippen LogP contribution is -2.53. The number of rotatable bonds is 12. The second-order valence-electron chi connectivity index (χ2n) is 9.74. The third-order valence-electron chi connectivity index (χ3n) is 6.00. The highest BCUT2D eigenvalue weighted by Gasteiger charge is 2.33. The fraction of sp³-hybridized carbons (Fsp3) is 0.310. The second-order valence-corrected chi connectivity index (χ2v) is 13.0. The Morgan fingerprint density at radius 1 is 0.949 bits per heavy atom. The predicted octanol–water partition coefficient (Wildman–Crippen LogP) is 5.28. The smallest absolute Gasteiger partial charge is 0.244 e. The van der Waals surface area contributed by atoms with Gasteiger partial charge in [-0.1, -0.05) is 89.9 Å². The summed E-state index contributed by atoms with van der Waals surface area (Å²) in [5.41, 5.74) is 1.98. The fourth-order valence-electron chi connectivity index (χ4n) is 4.01. The van der Waals surface area contributed by atoms with E-state index in [4.69, 9.17) is 11.6 Å². The molecule has 0 fully saturated rings. The molecular weight excluding hydrogens is 602 g/mol. The van der Waals surface area contributed by atoms with Crippen LogP contribution < -0.4 is 9.62 Å². The average molecular weight is 635 g/mol. The van der Waals surface area contributed by atoms with E-state index in [0.717, 1.165) is 21.7 Å². The SMILES string of the molecule is CC(C)CNC(=O)[C@@H](Cc1ccccc1)N(Cc1ccc(Cl)cc1)C(=O)CN(c1cccc(Br)c1)S(C)(=O)=O. The van der Waals surface area contributed by atoms with E-state index in [0.29, 0.717) is 21.7 Å². The Balaban J connectivity index is 2.04. The van der Waals surface area contributed by atoms with Crippen molar-refractivity contribution in [2.45, 2.75) is 32.9 Å². The van der Waals surface area contributed by atoms with Crippen LogP contribution in [0.1, 0.15) is 25.0 Å². The van der Waals surface area contributed by atoms with Crippen molar-refractivity contribution < 1.29 is 18.0 Å². The Kier molecular flexibility index (Phi) is 11.0. The molecule has 0 radical (unpaired) electrons. The Hall–Kier alpha value is -2.88. The maximum absolute atomic E-state index is 14.0. The number of nitrogens with zero attached hydrogens (tertiary/aromatic N) is 2. The van der Waals surface area contributed by atoms with Gasteiger partial charge in [-0.25, -0.2) is 8.42 Å². The highest BCUT2D eigenvalue weighted by Crippen LogP contribution is 2.24. The summed E-state index contributed by atoms with van der Waals surface area (Å²) < 4.78 is 27.4. The monoisotopic (exact) mass is 633 g/mol. The summed E-state index contributed by atoms with van der Waals surface area (Å²) >= 11 is 9.45. The summed E-state index contributed by atoms with van der Waals surface area (Å²) in [6.45, 7) is 4.06. The largest absolute Gasteiger partial charge is 0.354 e. The third kappa shape index (κ3) is 9.37. The molecule has 0 unspecified atom stereocenters. The zero-order valence-electron chi connectivity index (χ0n) is 22.2. The summed E-state index contributed by atoms with van der Waals surface area (Å²) in [5.74, 6) is -0.594. The van der Waals surface area contributed by atoms with Gasteiger partial charge in [0.15, 0.2) is 0 Å². The summed E-state index contributed by atoms with van der Waals surface area (Å²) in [4.78, 5) is 29.0. The van der Waals surface area contributed by atoms with Crippen molar-refractivity contribution in [2.75, 3.05) is 23.7 Å². The predicted molar refractivity (Wildman–Crippen MR) is 160 cm³/mol. The van der Waals surface area contributed by atoms with Gasteiger partial charge in [0.05, 0.1) is 11.9 Å². The van der Waals surface area contributed by atoms with Crippen LogP contribution in [0.25, 0.3) is 0 Å². The minimum absolute atomic E-state index is 0.0959. The van der Waals surface area contributed by atoms with E-state index < -0.39 is 28.5 Å². The van der Waals surface area contributed by atoms with Crippen molar-refractivity contribution in [1.29, 1.82) is 0 Å². The number of sulfonamides is 1. The van der Waals surface area contributed by atoms with Crippen LogP contribution in [0.15, 0.2) is 83.3 Å². The molecule has 0 spiro atoms. The van der Waals surface area contributed by atoms with Gasteiger partial charge in [0.2, 0.25) is 21.8 Å². The van der Waals surface area contributed by atoms with Crippen molar-refractivity contribution in [3.8, 4) is 0 Å². The van der Waals surface area contributed by atoms with Crippen molar-refractivity contribution in [1.82, 2.24) is 10.2 Å². The Bertz CT molecular complexity index is 1370. The normalized spacial score (nSPS) is 12.2. The Morgan fingerprint density at radius 3 is 2.21 bits per heavy atom. The maximum Gasteiger partial charge on any atom is 0.244 e. The van der Waals surface area contributed by atoms with Crippen LogP contribution in [0.2, 0.25) is 5.02 Å². The molecule has 0 saturated heterocycles. The van der Waals surface area contributed by atoms with E-state index in [1.165, 1.54) is 4.90 Å². The molecule has 2 amide bonds. The molecule has 1 N–H and O–H groups in total. The number of carbonyl (C=O) groups is 2. The second kappa shape index (κ2) is 14.0. The fourth-order valence-corrected chi connectivity index (χ4v) is 5.36. The average Bonchev–Trinajstić information content (AvgIpc) is 2.88. The lowest BCUT2D eigenvalue weighted by Gasteiger charge is -2.33. The van der Waals surface area contributed by atoms with E-state index in [1.807, 2.05) is 44.2 Å². The molecule has 0 heterocycles. The van der Waals surface area contributed by atoms with E-state index >= 15 is 0 Å². The highest BCUT2D eigenvalue weighted by molar-refractivity contribution is 9.10. The summed E-state index contributed by atoms with van der Waals surface area (Å²) in [6.07, 6.45) is 1.32. The minimum Gasteiger partial charge on any atom is -0.354 e. The topological polar surface area (TPSA) is 86.8 Å². The van der Waals surface area contributed by atoms with Gasteiger partial charge in [0.1, 0.15) is 12.6 Å². The molecule has 0 aliphatic rings. The number of nitrogens with one attached hydrogen (secondary N) is 1. The molecule has 10 heteroatoms. The van der Waals surface area contributed by atoms with Gasteiger partial charge in [-0.05, 0) is 47.4 Å². The molecule has 39 heavy (non-hydrogen) atoms. The molecule has 0 aromatic heterocycles. The zero-order chi connectivity index (χ0) is 28.6. The molecule has 3 aromatic carbocycles. The van der Waals surface area contributed by atoms with Crippen molar-refractivity contribution in [3.05, 3.63) is 99.5 Å². The lowest BCUT2D eigenvalue weighted by atomic mass is 10.0. The first kappa shape index (κ1) is 30.7. The number of anilines is 1. The Morgan fingerprint density at radius 2 is 1.62 bits per heavy atom. The summed E-state index contributed by atoms with van der Waals surface area (Å²) in [7, 11) is -3.82. The van der Waals surface area contributed by atoms with Crippen molar-refractivity contribution in [2.24, 2.45) is 5.92 Å². The number of halogens is 2. The zero-order valence-corrected chi connectivity index (χ0v) is 25.3. The highest BCUT2D eigenvalue weighted by atomic mass is 79.9. The third-order valence-corrected chi connectivity index (χ3v) is 7.88. The first-order valence-electron chi connectivity index (χ1n) is 12.5. The first-order valence-corrected chi connectivity index (χ1v) is 15.5. The number of carbonyl (C=O) groups excluding carboxylic acids is 2. The number of benzene rings is 3. The lowest BCUT2D eigenvalue weighted by molar-refractivity contribution is -0.140. The first-order chi connectivity index (χ1) is 18.4. The van der Waals surface area contributed by atoms with Crippen LogP contribution in [-0.2, 0) is 32.6 Å². The number of hydrogen-bond donors (Lipinski definition) is 1. The van der Waals surface area contributed by atoms with Gasteiger partial charge in [0, 0.05) is 29.0 Å². The van der Waals surface area contributed by atoms with Crippen LogP contribution in [0.5, 0.6) is 0 Å². The standard InChI is InChI=1S/C29H33BrClN3O4S/c1-21(2)18-32-29(36)27(16-22-8-5-4-6-9-22)33(19-23-12-14-25(31)15-13-23)28(35)20-34(39(3,37)38)26-11-7-10-24(30)17-26/h4-15,17,21,27H,16,18-20H2,1-3H3,(H,32,36)/t27-/m1/s1. The maximum atomic E-state index is 14.0. The van der Waals surface area contributed by atoms with Crippen LogP contribution in [0.4, 0.5) is 5.69 Å². The molecule has 0 aliphatic heterocycles. The quantitative estimate of drug-likeness (QED) is 0.294. The molecule has 0 bridgehead atoms. The minimum atomic E-state index is -3.82. The molecular formula is C29H33BrClN3O4S. The molecule has 7 nitrogen and oxygen atoms in total.